The number of fused-ring (bicyclic) bond motifs is 1. The Balaban J connectivity index is 1.51. The van der Waals surface area contributed by atoms with Crippen LogP contribution in [0.5, 0.6) is 5.75 Å². The van der Waals surface area contributed by atoms with E-state index in [0.29, 0.717) is 12.1 Å². The first-order valence-corrected chi connectivity index (χ1v) is 9.60. The van der Waals surface area contributed by atoms with Crippen LogP contribution in [0.15, 0.2) is 48.4 Å². The van der Waals surface area contributed by atoms with Gasteiger partial charge in [-0.1, -0.05) is 18.2 Å². The molecule has 0 bridgehead atoms. The van der Waals surface area contributed by atoms with Gasteiger partial charge in [0.15, 0.2) is 0 Å². The molecule has 1 aromatic heterocycles. The number of hydrogen-bond donors (Lipinski definition) is 0. The molecule has 0 unspecified atom stereocenters. The Bertz CT molecular complexity index is 951. The lowest BCUT2D eigenvalue weighted by Gasteiger charge is -2.24. The number of amides is 1. The minimum absolute atomic E-state index is 0.0328. The lowest BCUT2D eigenvalue weighted by atomic mass is 10.1. The van der Waals surface area contributed by atoms with Gasteiger partial charge in [0.1, 0.15) is 11.6 Å². The third kappa shape index (κ3) is 3.76. The molecule has 144 valence electrons. The second kappa shape index (κ2) is 7.84. The van der Waals surface area contributed by atoms with Gasteiger partial charge in [-0.2, -0.15) is 0 Å². The van der Waals surface area contributed by atoms with Crippen LogP contribution < -0.4 is 9.64 Å². The number of hydrogen-bond acceptors (Lipinski definition) is 5. The summed E-state index contributed by atoms with van der Waals surface area (Å²) in [6, 6.07) is 7.73. The van der Waals surface area contributed by atoms with Gasteiger partial charge in [-0.05, 0) is 38.5 Å². The van der Waals surface area contributed by atoms with Crippen molar-refractivity contribution in [1.29, 1.82) is 0 Å². The molecule has 0 aliphatic carbocycles. The van der Waals surface area contributed by atoms with Gasteiger partial charge >= 0.3 is 0 Å². The molecule has 0 saturated carbocycles. The highest BCUT2D eigenvalue weighted by atomic mass is 16.5. The van der Waals surface area contributed by atoms with Crippen molar-refractivity contribution in [3.05, 3.63) is 65.3 Å². The predicted octanol–water partition coefficient (Wildman–Crippen LogP) is 3.12. The van der Waals surface area contributed by atoms with Crippen LogP contribution in [-0.4, -0.2) is 47.0 Å². The molecule has 3 heterocycles. The first-order valence-electron chi connectivity index (χ1n) is 9.60. The molecule has 2 aliphatic heterocycles. The van der Waals surface area contributed by atoms with Gasteiger partial charge in [-0.25, -0.2) is 4.98 Å². The van der Waals surface area contributed by atoms with Crippen molar-refractivity contribution in [2.24, 2.45) is 0 Å². The Labute approximate surface area is 165 Å². The molecule has 28 heavy (non-hydrogen) atoms. The van der Waals surface area contributed by atoms with Gasteiger partial charge in [0.2, 0.25) is 0 Å². The predicted molar refractivity (Wildman–Crippen MR) is 109 cm³/mol. The molecule has 6 heteroatoms. The summed E-state index contributed by atoms with van der Waals surface area (Å²) in [6.07, 6.45) is 7.93. The van der Waals surface area contributed by atoms with E-state index in [1.165, 1.54) is 0 Å². The molecule has 0 spiro atoms. The van der Waals surface area contributed by atoms with Crippen LogP contribution in [-0.2, 0) is 4.79 Å². The molecule has 1 fully saturated rings. The number of nitrogens with zero attached hydrogens (tertiary/aromatic N) is 4. The highest BCUT2D eigenvalue weighted by molar-refractivity contribution is 6.01. The van der Waals surface area contributed by atoms with Crippen molar-refractivity contribution in [1.82, 2.24) is 14.9 Å². The molecule has 6 nitrogen and oxygen atoms in total. The van der Waals surface area contributed by atoms with Crippen LogP contribution in [0.25, 0.3) is 6.08 Å². The second-order valence-corrected chi connectivity index (χ2v) is 7.11. The topological polar surface area (TPSA) is 58.6 Å². The summed E-state index contributed by atoms with van der Waals surface area (Å²) in [4.78, 5) is 26.4. The van der Waals surface area contributed by atoms with Crippen molar-refractivity contribution in [3.8, 4) is 5.75 Å². The minimum Gasteiger partial charge on any atom is -0.464 e. The largest absolute Gasteiger partial charge is 0.464 e. The average molecular weight is 376 g/mol. The standard InChI is InChI=1S/C22H24N4O2/c1-16-15-23-17(2)21(24-16)25-9-5-10-26(12-11-25)22(27)19-8-13-28-20-7-4-3-6-18(20)14-19/h3-4,6-8,13-15H,5,9-12H2,1-2H3. The van der Waals surface area contributed by atoms with Gasteiger partial charge in [-0.15, -0.1) is 0 Å². The number of carbonyl (C=O) groups excluding carboxylic acids is 1. The van der Waals surface area contributed by atoms with Crippen molar-refractivity contribution in [2.75, 3.05) is 31.1 Å². The highest BCUT2D eigenvalue weighted by Gasteiger charge is 2.23. The molecule has 4 rings (SSSR count). The number of aryl methyl sites for hydroxylation is 2. The third-order valence-electron chi connectivity index (χ3n) is 5.05. The van der Waals surface area contributed by atoms with E-state index in [1.54, 1.807) is 18.5 Å². The summed E-state index contributed by atoms with van der Waals surface area (Å²) in [5.41, 5.74) is 3.39. The zero-order valence-corrected chi connectivity index (χ0v) is 16.3. The molecule has 1 amide bonds. The van der Waals surface area contributed by atoms with Gasteiger partial charge in [0, 0.05) is 43.5 Å². The van der Waals surface area contributed by atoms with E-state index in [-0.39, 0.29) is 5.91 Å². The third-order valence-corrected chi connectivity index (χ3v) is 5.05. The Hall–Kier alpha value is -3.15. The molecular formula is C22H24N4O2. The fourth-order valence-electron chi connectivity index (χ4n) is 3.58. The molecule has 0 radical (unpaired) electrons. The first-order chi connectivity index (χ1) is 13.6. The highest BCUT2D eigenvalue weighted by Crippen LogP contribution is 2.25. The smallest absolute Gasteiger partial charge is 0.254 e. The summed E-state index contributed by atoms with van der Waals surface area (Å²) >= 11 is 0. The zero-order chi connectivity index (χ0) is 19.5. The van der Waals surface area contributed by atoms with Crippen molar-refractivity contribution in [2.45, 2.75) is 20.3 Å². The van der Waals surface area contributed by atoms with Gasteiger partial charge in [0.05, 0.1) is 17.6 Å². The van der Waals surface area contributed by atoms with E-state index >= 15 is 0 Å². The van der Waals surface area contributed by atoms with Gasteiger partial charge in [0.25, 0.3) is 5.91 Å². The number of anilines is 1. The van der Waals surface area contributed by atoms with E-state index in [1.807, 2.05) is 49.1 Å². The van der Waals surface area contributed by atoms with Crippen LogP contribution in [0.4, 0.5) is 5.82 Å². The van der Waals surface area contributed by atoms with E-state index in [4.69, 9.17) is 4.74 Å². The van der Waals surface area contributed by atoms with E-state index in [2.05, 4.69) is 14.9 Å². The van der Waals surface area contributed by atoms with E-state index in [0.717, 1.165) is 54.6 Å². The number of benzene rings is 1. The molecule has 1 saturated heterocycles. The SMILES string of the molecule is Cc1cnc(C)c(N2CCCN(C(=O)C3=Cc4ccccc4OC=C3)CC2)n1. The molecule has 0 atom stereocenters. The minimum atomic E-state index is 0.0328. The maximum absolute atomic E-state index is 13.1. The Morgan fingerprint density at radius 1 is 1.11 bits per heavy atom. The Kier molecular flexibility index (Phi) is 5.10. The number of rotatable bonds is 2. The van der Waals surface area contributed by atoms with Crippen LogP contribution in [0, 0.1) is 13.8 Å². The number of ether oxygens (including phenoxy) is 1. The van der Waals surface area contributed by atoms with Crippen LogP contribution in [0.2, 0.25) is 0 Å². The Morgan fingerprint density at radius 2 is 1.96 bits per heavy atom. The summed E-state index contributed by atoms with van der Waals surface area (Å²) in [5, 5.41) is 0. The fraction of sp³-hybridized carbons (Fsp3) is 0.318. The molecule has 1 aromatic carbocycles. The fourth-order valence-corrected chi connectivity index (χ4v) is 3.58. The second-order valence-electron chi connectivity index (χ2n) is 7.11. The summed E-state index contributed by atoms with van der Waals surface area (Å²) in [5.74, 6) is 1.72. The first kappa shape index (κ1) is 18.2. The lowest BCUT2D eigenvalue weighted by molar-refractivity contribution is -0.126. The van der Waals surface area contributed by atoms with Gasteiger partial charge in [-0.3, -0.25) is 9.78 Å². The van der Waals surface area contributed by atoms with E-state index in [9.17, 15) is 4.79 Å². The quantitative estimate of drug-likeness (QED) is 0.806. The van der Waals surface area contributed by atoms with Gasteiger partial charge < -0.3 is 14.5 Å². The number of carbonyl (C=O) groups is 1. The van der Waals surface area contributed by atoms with Crippen molar-refractivity contribution in [3.63, 3.8) is 0 Å². The maximum Gasteiger partial charge on any atom is 0.254 e. The van der Waals surface area contributed by atoms with Crippen LogP contribution in [0.1, 0.15) is 23.4 Å². The lowest BCUT2D eigenvalue weighted by Crippen LogP contribution is -2.36. The molecule has 0 N–H and O–H groups in total. The monoisotopic (exact) mass is 376 g/mol. The van der Waals surface area contributed by atoms with Crippen LogP contribution >= 0.6 is 0 Å². The maximum atomic E-state index is 13.1. The van der Waals surface area contributed by atoms with E-state index < -0.39 is 0 Å². The molecule has 2 aliphatic rings. The average Bonchev–Trinajstić information content (AvgIpc) is 3.08. The number of aromatic nitrogens is 2. The summed E-state index contributed by atoms with van der Waals surface area (Å²) < 4.78 is 5.61. The summed E-state index contributed by atoms with van der Waals surface area (Å²) in [7, 11) is 0. The van der Waals surface area contributed by atoms with Crippen molar-refractivity contribution >= 4 is 17.8 Å². The number of para-hydroxylation sites is 1. The van der Waals surface area contributed by atoms with Crippen LogP contribution in [0.3, 0.4) is 0 Å². The zero-order valence-electron chi connectivity index (χ0n) is 16.3. The molecular weight excluding hydrogens is 352 g/mol. The Morgan fingerprint density at radius 3 is 2.86 bits per heavy atom. The molecule has 2 aromatic rings. The summed E-state index contributed by atoms with van der Waals surface area (Å²) in [6.45, 7) is 6.92. The normalized spacial score (nSPS) is 16.6. The van der Waals surface area contributed by atoms with Crippen molar-refractivity contribution < 1.29 is 9.53 Å².